The number of nitrogens with two attached hydrogens (primary N) is 1. The minimum atomic E-state index is 0.739. The van der Waals surface area contributed by atoms with Gasteiger partial charge in [0.05, 0.1) is 0 Å². The molecule has 0 rings (SSSR count). The van der Waals surface area contributed by atoms with Gasteiger partial charge in [-0.25, -0.2) is 0 Å². The summed E-state index contributed by atoms with van der Waals surface area (Å²) in [6, 6.07) is 0.739. The zero-order chi connectivity index (χ0) is 8.69. The summed E-state index contributed by atoms with van der Waals surface area (Å²) in [7, 11) is 4.30. The van der Waals surface area contributed by atoms with Crippen LogP contribution in [0.25, 0.3) is 0 Å². The molecule has 0 aromatic heterocycles. The number of rotatable bonds is 6. The van der Waals surface area contributed by atoms with Gasteiger partial charge in [-0.1, -0.05) is 13.3 Å². The Kier molecular flexibility index (Phi) is 6.57. The largest absolute Gasteiger partial charge is 0.330 e. The molecular weight excluding hydrogens is 136 g/mol. The first-order valence-corrected chi connectivity index (χ1v) is 4.58. The van der Waals surface area contributed by atoms with Crippen LogP contribution in [0, 0.1) is 0 Å². The Hall–Kier alpha value is -0.0800. The van der Waals surface area contributed by atoms with E-state index in [9.17, 15) is 0 Å². The monoisotopic (exact) mass is 158 g/mol. The molecule has 0 aromatic carbocycles. The zero-order valence-corrected chi connectivity index (χ0v) is 8.14. The number of hydrogen-bond acceptors (Lipinski definition) is 2. The van der Waals surface area contributed by atoms with Crippen molar-refractivity contribution in [2.45, 2.75) is 38.6 Å². The summed E-state index contributed by atoms with van der Waals surface area (Å²) in [5, 5.41) is 0. The van der Waals surface area contributed by atoms with Gasteiger partial charge in [0.15, 0.2) is 0 Å². The highest BCUT2D eigenvalue weighted by atomic mass is 15.1. The van der Waals surface area contributed by atoms with Crippen molar-refractivity contribution >= 4 is 0 Å². The second-order valence-electron chi connectivity index (χ2n) is 3.34. The Balaban J connectivity index is 3.51. The van der Waals surface area contributed by atoms with E-state index in [0.717, 1.165) is 19.0 Å². The summed E-state index contributed by atoms with van der Waals surface area (Å²) in [6.07, 6.45) is 4.97. The third-order valence-electron chi connectivity index (χ3n) is 2.09. The van der Waals surface area contributed by atoms with Crippen molar-refractivity contribution in [1.82, 2.24) is 4.90 Å². The molecule has 1 atom stereocenters. The fourth-order valence-corrected chi connectivity index (χ4v) is 1.35. The standard InChI is InChI=1S/C9H22N2/c1-4-6-9(11(2)3)7-5-8-10/h9H,4-8,10H2,1-3H3. The van der Waals surface area contributed by atoms with E-state index in [1.165, 1.54) is 19.3 Å². The Morgan fingerprint density at radius 3 is 2.27 bits per heavy atom. The van der Waals surface area contributed by atoms with Gasteiger partial charge in [0.25, 0.3) is 0 Å². The van der Waals surface area contributed by atoms with Crippen molar-refractivity contribution in [3.63, 3.8) is 0 Å². The van der Waals surface area contributed by atoms with Crippen molar-refractivity contribution in [3.05, 3.63) is 0 Å². The van der Waals surface area contributed by atoms with E-state index in [-0.39, 0.29) is 0 Å². The molecule has 11 heavy (non-hydrogen) atoms. The molecule has 2 heteroatoms. The average Bonchev–Trinajstić information content (AvgIpc) is 1.97. The summed E-state index contributed by atoms with van der Waals surface area (Å²) in [5.41, 5.74) is 5.45. The van der Waals surface area contributed by atoms with Crippen LogP contribution in [0.2, 0.25) is 0 Å². The van der Waals surface area contributed by atoms with E-state index in [2.05, 4.69) is 25.9 Å². The minimum Gasteiger partial charge on any atom is -0.330 e. The highest BCUT2D eigenvalue weighted by molar-refractivity contribution is 4.65. The molecule has 1 unspecified atom stereocenters. The maximum Gasteiger partial charge on any atom is 0.00895 e. The van der Waals surface area contributed by atoms with Crippen molar-refractivity contribution in [2.75, 3.05) is 20.6 Å². The van der Waals surface area contributed by atoms with Crippen LogP contribution in [-0.4, -0.2) is 31.6 Å². The first-order valence-electron chi connectivity index (χ1n) is 4.58. The molecule has 2 nitrogen and oxygen atoms in total. The van der Waals surface area contributed by atoms with Crippen molar-refractivity contribution in [1.29, 1.82) is 0 Å². The highest BCUT2D eigenvalue weighted by Gasteiger charge is 2.08. The van der Waals surface area contributed by atoms with Gasteiger partial charge >= 0.3 is 0 Å². The van der Waals surface area contributed by atoms with Crippen LogP contribution in [0.3, 0.4) is 0 Å². The lowest BCUT2D eigenvalue weighted by atomic mass is 10.1. The third kappa shape index (κ3) is 5.22. The molecule has 0 heterocycles. The van der Waals surface area contributed by atoms with Crippen LogP contribution in [0.1, 0.15) is 32.6 Å². The first kappa shape index (κ1) is 10.9. The lowest BCUT2D eigenvalue weighted by Gasteiger charge is -2.23. The lowest BCUT2D eigenvalue weighted by Crippen LogP contribution is -2.28. The normalized spacial score (nSPS) is 13.9. The fourth-order valence-electron chi connectivity index (χ4n) is 1.35. The fraction of sp³-hybridized carbons (Fsp3) is 1.00. The molecular formula is C9H22N2. The van der Waals surface area contributed by atoms with Gasteiger partial charge in [0.2, 0.25) is 0 Å². The van der Waals surface area contributed by atoms with Crippen LogP contribution in [0.4, 0.5) is 0 Å². The topological polar surface area (TPSA) is 29.3 Å². The Bertz CT molecular complexity index is 81.6. The molecule has 2 N–H and O–H groups in total. The van der Waals surface area contributed by atoms with Crippen LogP contribution in [0.5, 0.6) is 0 Å². The predicted molar refractivity (Wildman–Crippen MR) is 50.7 cm³/mol. The summed E-state index contributed by atoms with van der Waals surface area (Å²) >= 11 is 0. The minimum absolute atomic E-state index is 0.739. The molecule has 0 bridgehead atoms. The van der Waals surface area contributed by atoms with Gasteiger partial charge in [-0.3, -0.25) is 0 Å². The summed E-state index contributed by atoms with van der Waals surface area (Å²) in [6.45, 7) is 3.06. The average molecular weight is 158 g/mol. The van der Waals surface area contributed by atoms with E-state index < -0.39 is 0 Å². The zero-order valence-electron chi connectivity index (χ0n) is 8.14. The maximum atomic E-state index is 5.45. The molecule has 0 spiro atoms. The van der Waals surface area contributed by atoms with E-state index in [1.807, 2.05) is 0 Å². The third-order valence-corrected chi connectivity index (χ3v) is 2.09. The molecule has 0 aromatic rings. The van der Waals surface area contributed by atoms with E-state index in [0.29, 0.717) is 0 Å². The molecule has 68 valence electrons. The Morgan fingerprint density at radius 2 is 1.91 bits per heavy atom. The molecule has 0 amide bonds. The van der Waals surface area contributed by atoms with E-state index >= 15 is 0 Å². The first-order chi connectivity index (χ1) is 5.22. The molecule has 0 aliphatic rings. The van der Waals surface area contributed by atoms with Crippen LogP contribution < -0.4 is 5.73 Å². The molecule has 0 saturated heterocycles. The van der Waals surface area contributed by atoms with Crippen LogP contribution in [-0.2, 0) is 0 Å². The van der Waals surface area contributed by atoms with Gasteiger partial charge in [0.1, 0.15) is 0 Å². The quantitative estimate of drug-likeness (QED) is 0.634. The molecule has 0 aliphatic carbocycles. The van der Waals surface area contributed by atoms with Gasteiger partial charge in [-0.05, 0) is 39.9 Å². The molecule has 0 radical (unpaired) electrons. The van der Waals surface area contributed by atoms with E-state index in [1.54, 1.807) is 0 Å². The Morgan fingerprint density at radius 1 is 1.27 bits per heavy atom. The van der Waals surface area contributed by atoms with Gasteiger partial charge in [-0.2, -0.15) is 0 Å². The number of hydrogen-bond donors (Lipinski definition) is 1. The van der Waals surface area contributed by atoms with Crippen LogP contribution in [0.15, 0.2) is 0 Å². The summed E-state index contributed by atoms with van der Waals surface area (Å²) in [4.78, 5) is 2.30. The van der Waals surface area contributed by atoms with Crippen molar-refractivity contribution in [2.24, 2.45) is 5.73 Å². The van der Waals surface area contributed by atoms with Crippen molar-refractivity contribution in [3.8, 4) is 0 Å². The van der Waals surface area contributed by atoms with Crippen LogP contribution >= 0.6 is 0 Å². The summed E-state index contributed by atoms with van der Waals surface area (Å²) < 4.78 is 0. The smallest absolute Gasteiger partial charge is 0.00895 e. The molecule has 0 aliphatic heterocycles. The highest BCUT2D eigenvalue weighted by Crippen LogP contribution is 2.08. The predicted octanol–water partition coefficient (Wildman–Crippen LogP) is 1.46. The maximum absolute atomic E-state index is 5.45. The number of nitrogens with zero attached hydrogens (tertiary/aromatic N) is 1. The van der Waals surface area contributed by atoms with Gasteiger partial charge in [0, 0.05) is 6.04 Å². The van der Waals surface area contributed by atoms with Crippen molar-refractivity contribution < 1.29 is 0 Å². The van der Waals surface area contributed by atoms with Gasteiger partial charge < -0.3 is 10.6 Å². The SMILES string of the molecule is CCCC(CCCN)N(C)C. The van der Waals surface area contributed by atoms with Gasteiger partial charge in [-0.15, -0.1) is 0 Å². The molecule has 0 fully saturated rings. The lowest BCUT2D eigenvalue weighted by molar-refractivity contribution is 0.259. The second kappa shape index (κ2) is 6.62. The second-order valence-corrected chi connectivity index (χ2v) is 3.34. The summed E-state index contributed by atoms with van der Waals surface area (Å²) in [5.74, 6) is 0. The van der Waals surface area contributed by atoms with E-state index in [4.69, 9.17) is 5.73 Å². The Labute approximate surface area is 70.8 Å². The molecule has 0 saturated carbocycles.